The van der Waals surface area contributed by atoms with Gasteiger partial charge in [0.25, 0.3) is 0 Å². The van der Waals surface area contributed by atoms with Crippen LogP contribution in [0, 0.1) is 13.8 Å². The van der Waals surface area contributed by atoms with Crippen molar-refractivity contribution in [2.75, 3.05) is 7.05 Å². The molecule has 0 aliphatic carbocycles. The lowest BCUT2D eigenvalue weighted by Gasteiger charge is -2.12. The van der Waals surface area contributed by atoms with Crippen LogP contribution in [0.1, 0.15) is 16.7 Å². The van der Waals surface area contributed by atoms with E-state index in [1.54, 1.807) is 0 Å². The van der Waals surface area contributed by atoms with Gasteiger partial charge in [-0.1, -0.05) is 35.4 Å². The van der Waals surface area contributed by atoms with Gasteiger partial charge in [-0.3, -0.25) is 0 Å². The first-order chi connectivity index (χ1) is 8.69. The zero-order valence-electron chi connectivity index (χ0n) is 11.2. The average molecular weight is 241 g/mol. The van der Waals surface area contributed by atoms with Gasteiger partial charge in [0.2, 0.25) is 0 Å². The molecule has 0 aliphatic heterocycles. The third-order valence-corrected chi connectivity index (χ3v) is 2.83. The van der Waals surface area contributed by atoms with E-state index in [1.807, 2.05) is 25.2 Å². The van der Waals surface area contributed by atoms with Crippen molar-refractivity contribution in [3.8, 4) is 11.5 Å². The Bertz CT molecular complexity index is 517. The number of hydrogen-bond donors (Lipinski definition) is 1. The van der Waals surface area contributed by atoms with Crippen LogP contribution < -0.4 is 10.1 Å². The van der Waals surface area contributed by atoms with E-state index in [1.165, 1.54) is 16.7 Å². The summed E-state index contributed by atoms with van der Waals surface area (Å²) in [6.07, 6.45) is 0. The van der Waals surface area contributed by atoms with Crippen molar-refractivity contribution in [2.24, 2.45) is 0 Å². The van der Waals surface area contributed by atoms with E-state index in [-0.39, 0.29) is 0 Å². The second-order valence-electron chi connectivity index (χ2n) is 4.56. The van der Waals surface area contributed by atoms with Crippen molar-refractivity contribution in [3.63, 3.8) is 0 Å². The van der Waals surface area contributed by atoms with Gasteiger partial charge in [-0.2, -0.15) is 0 Å². The monoisotopic (exact) mass is 241 g/mol. The molecule has 0 atom stereocenters. The van der Waals surface area contributed by atoms with E-state index in [2.05, 4.69) is 43.4 Å². The maximum Gasteiger partial charge on any atom is 0.131 e. The predicted octanol–water partition coefficient (Wildman–Crippen LogP) is 3.82. The standard InChI is InChI=1S/C16H19NO/c1-12-4-7-15(8-5-12)18-16-9-6-13(2)10-14(16)11-17-3/h4-10,17H,11H2,1-3H3. The maximum atomic E-state index is 5.93. The van der Waals surface area contributed by atoms with Crippen molar-refractivity contribution < 1.29 is 4.74 Å². The van der Waals surface area contributed by atoms with E-state index in [4.69, 9.17) is 4.74 Å². The molecule has 2 aromatic carbocycles. The Morgan fingerprint density at radius 1 is 0.944 bits per heavy atom. The smallest absolute Gasteiger partial charge is 0.131 e. The fraction of sp³-hybridized carbons (Fsp3) is 0.250. The van der Waals surface area contributed by atoms with Gasteiger partial charge in [-0.05, 0) is 39.1 Å². The fourth-order valence-corrected chi connectivity index (χ4v) is 1.87. The number of hydrogen-bond acceptors (Lipinski definition) is 2. The van der Waals surface area contributed by atoms with Gasteiger partial charge in [0, 0.05) is 12.1 Å². The largest absolute Gasteiger partial charge is 0.457 e. The van der Waals surface area contributed by atoms with Gasteiger partial charge in [0.15, 0.2) is 0 Å². The molecule has 0 saturated heterocycles. The molecule has 0 amide bonds. The van der Waals surface area contributed by atoms with Crippen LogP contribution in [0.3, 0.4) is 0 Å². The molecular weight excluding hydrogens is 222 g/mol. The summed E-state index contributed by atoms with van der Waals surface area (Å²) in [4.78, 5) is 0. The van der Waals surface area contributed by atoms with Gasteiger partial charge >= 0.3 is 0 Å². The van der Waals surface area contributed by atoms with Gasteiger partial charge in [0.05, 0.1) is 0 Å². The highest BCUT2D eigenvalue weighted by Crippen LogP contribution is 2.26. The molecule has 0 fully saturated rings. The number of nitrogens with one attached hydrogen (secondary N) is 1. The van der Waals surface area contributed by atoms with E-state index >= 15 is 0 Å². The van der Waals surface area contributed by atoms with Gasteiger partial charge < -0.3 is 10.1 Å². The Labute approximate surface area is 109 Å². The third-order valence-electron chi connectivity index (χ3n) is 2.83. The fourth-order valence-electron chi connectivity index (χ4n) is 1.87. The molecule has 0 saturated carbocycles. The zero-order valence-corrected chi connectivity index (χ0v) is 11.2. The quantitative estimate of drug-likeness (QED) is 0.878. The number of rotatable bonds is 4. The summed E-state index contributed by atoms with van der Waals surface area (Å²) < 4.78 is 5.93. The number of benzene rings is 2. The van der Waals surface area contributed by atoms with E-state index in [0.29, 0.717) is 0 Å². The molecule has 0 unspecified atom stereocenters. The summed E-state index contributed by atoms with van der Waals surface area (Å²) in [5.74, 6) is 1.79. The second kappa shape index (κ2) is 5.69. The SMILES string of the molecule is CNCc1cc(C)ccc1Oc1ccc(C)cc1. The summed E-state index contributed by atoms with van der Waals surface area (Å²) in [6.45, 7) is 4.97. The summed E-state index contributed by atoms with van der Waals surface area (Å²) in [5, 5.41) is 3.17. The van der Waals surface area contributed by atoms with Crippen LogP contribution in [-0.4, -0.2) is 7.05 Å². The first-order valence-corrected chi connectivity index (χ1v) is 6.17. The molecular formula is C16H19NO. The molecule has 2 rings (SSSR count). The minimum Gasteiger partial charge on any atom is -0.457 e. The van der Waals surface area contributed by atoms with Crippen LogP contribution in [-0.2, 0) is 6.54 Å². The van der Waals surface area contributed by atoms with Crippen molar-refractivity contribution in [3.05, 3.63) is 59.2 Å². The molecule has 1 N–H and O–H groups in total. The van der Waals surface area contributed by atoms with E-state index in [9.17, 15) is 0 Å². The minimum absolute atomic E-state index is 0.808. The Kier molecular flexibility index (Phi) is 4.00. The van der Waals surface area contributed by atoms with Crippen molar-refractivity contribution in [2.45, 2.75) is 20.4 Å². The normalized spacial score (nSPS) is 10.4. The van der Waals surface area contributed by atoms with Gasteiger partial charge in [-0.15, -0.1) is 0 Å². The Balaban J connectivity index is 2.25. The van der Waals surface area contributed by atoms with Crippen molar-refractivity contribution in [1.82, 2.24) is 5.32 Å². The molecule has 0 radical (unpaired) electrons. The molecule has 0 aromatic heterocycles. The first-order valence-electron chi connectivity index (χ1n) is 6.17. The highest BCUT2D eigenvalue weighted by molar-refractivity contribution is 5.40. The van der Waals surface area contributed by atoms with Crippen LogP contribution in [0.2, 0.25) is 0 Å². The van der Waals surface area contributed by atoms with Crippen LogP contribution in [0.4, 0.5) is 0 Å². The molecule has 18 heavy (non-hydrogen) atoms. The number of ether oxygens (including phenoxy) is 1. The highest BCUT2D eigenvalue weighted by Gasteiger charge is 2.04. The average Bonchev–Trinajstić information content (AvgIpc) is 2.36. The molecule has 0 bridgehead atoms. The lowest BCUT2D eigenvalue weighted by molar-refractivity contribution is 0.474. The van der Waals surface area contributed by atoms with Crippen LogP contribution >= 0.6 is 0 Å². The van der Waals surface area contributed by atoms with Crippen LogP contribution in [0.15, 0.2) is 42.5 Å². The number of aryl methyl sites for hydroxylation is 2. The topological polar surface area (TPSA) is 21.3 Å². The Morgan fingerprint density at radius 2 is 1.61 bits per heavy atom. The van der Waals surface area contributed by atoms with E-state index < -0.39 is 0 Å². The summed E-state index contributed by atoms with van der Waals surface area (Å²) >= 11 is 0. The van der Waals surface area contributed by atoms with Gasteiger partial charge in [-0.25, -0.2) is 0 Å². The van der Waals surface area contributed by atoms with Gasteiger partial charge in [0.1, 0.15) is 11.5 Å². The van der Waals surface area contributed by atoms with E-state index in [0.717, 1.165) is 18.0 Å². The minimum atomic E-state index is 0.808. The predicted molar refractivity (Wildman–Crippen MR) is 75.2 cm³/mol. The molecule has 2 heteroatoms. The molecule has 2 nitrogen and oxygen atoms in total. The zero-order chi connectivity index (χ0) is 13.0. The highest BCUT2D eigenvalue weighted by atomic mass is 16.5. The Hall–Kier alpha value is -1.80. The molecule has 0 spiro atoms. The van der Waals surface area contributed by atoms with Crippen molar-refractivity contribution >= 4 is 0 Å². The lowest BCUT2D eigenvalue weighted by Crippen LogP contribution is -2.06. The molecule has 0 aliphatic rings. The second-order valence-corrected chi connectivity index (χ2v) is 4.56. The summed E-state index contributed by atoms with van der Waals surface area (Å²) in [6, 6.07) is 14.4. The summed E-state index contributed by atoms with van der Waals surface area (Å²) in [5.41, 5.74) is 3.66. The molecule has 0 heterocycles. The van der Waals surface area contributed by atoms with Crippen LogP contribution in [0.25, 0.3) is 0 Å². The first kappa shape index (κ1) is 12.7. The van der Waals surface area contributed by atoms with Crippen LogP contribution in [0.5, 0.6) is 11.5 Å². The summed E-state index contributed by atoms with van der Waals surface area (Å²) in [7, 11) is 1.94. The maximum absolute atomic E-state index is 5.93. The Morgan fingerprint density at radius 3 is 2.28 bits per heavy atom. The lowest BCUT2D eigenvalue weighted by atomic mass is 10.1. The van der Waals surface area contributed by atoms with Crippen molar-refractivity contribution in [1.29, 1.82) is 0 Å². The third kappa shape index (κ3) is 3.11. The molecule has 94 valence electrons. The molecule has 2 aromatic rings.